The minimum Gasteiger partial charge on any atom is -0.315 e. The number of nitriles is 1. The van der Waals surface area contributed by atoms with Crippen LogP contribution in [0.25, 0.3) is 5.69 Å². The molecule has 0 saturated carbocycles. The maximum Gasteiger partial charge on any atom is 0.393 e. The van der Waals surface area contributed by atoms with Crippen molar-refractivity contribution in [2.24, 2.45) is 5.92 Å². The Kier molecular flexibility index (Phi) is 4.97. The molecule has 2 bridgehead atoms. The summed E-state index contributed by atoms with van der Waals surface area (Å²) in [7, 11) is 0. The predicted octanol–water partition coefficient (Wildman–Crippen LogP) is 4.70. The molecule has 0 amide bonds. The summed E-state index contributed by atoms with van der Waals surface area (Å²) in [5, 5.41) is 8.95. The van der Waals surface area contributed by atoms with Gasteiger partial charge in [-0.3, -0.25) is 9.69 Å². The SMILES string of the molecule is Cc1c(F)c(C(=O)CN2C3CCC2[C@@H](C(F)(F)F)C3)c(C)n1-c1ccc(C#N)cc1. The van der Waals surface area contributed by atoms with E-state index in [-0.39, 0.29) is 30.3 Å². The Morgan fingerprint density at radius 3 is 2.40 bits per heavy atom. The van der Waals surface area contributed by atoms with Crippen molar-refractivity contribution in [2.75, 3.05) is 6.54 Å². The number of alkyl halides is 3. The van der Waals surface area contributed by atoms with Gasteiger partial charge in [0.1, 0.15) is 0 Å². The molecule has 2 aliphatic rings. The number of ketones is 1. The van der Waals surface area contributed by atoms with Crippen molar-refractivity contribution in [2.45, 2.75) is 51.4 Å². The van der Waals surface area contributed by atoms with Gasteiger partial charge in [0.05, 0.1) is 35.4 Å². The fourth-order valence-electron chi connectivity index (χ4n) is 5.14. The molecule has 0 aliphatic carbocycles. The smallest absolute Gasteiger partial charge is 0.315 e. The number of nitrogens with zero attached hydrogens (tertiary/aromatic N) is 3. The molecule has 2 unspecified atom stereocenters. The van der Waals surface area contributed by atoms with Crippen molar-refractivity contribution in [3.8, 4) is 11.8 Å². The zero-order chi connectivity index (χ0) is 21.8. The number of fused-ring (bicyclic) bond motifs is 2. The Bertz CT molecular complexity index is 1030. The summed E-state index contributed by atoms with van der Waals surface area (Å²) in [5.74, 6) is -2.57. The average molecular weight is 419 g/mol. The fraction of sp³-hybridized carbons (Fsp3) is 0.455. The third-order valence-electron chi connectivity index (χ3n) is 6.53. The van der Waals surface area contributed by atoms with Gasteiger partial charge in [-0.2, -0.15) is 18.4 Å². The van der Waals surface area contributed by atoms with E-state index in [9.17, 15) is 18.0 Å². The van der Waals surface area contributed by atoms with Crippen molar-refractivity contribution in [1.29, 1.82) is 5.26 Å². The summed E-state index contributed by atoms with van der Waals surface area (Å²) in [4.78, 5) is 14.6. The third kappa shape index (κ3) is 3.21. The van der Waals surface area contributed by atoms with E-state index in [0.29, 0.717) is 29.8 Å². The van der Waals surface area contributed by atoms with Gasteiger partial charge in [0.2, 0.25) is 0 Å². The minimum atomic E-state index is -4.28. The first kappa shape index (κ1) is 20.6. The Hall–Kier alpha value is -2.66. The molecule has 1 aromatic heterocycles. The molecular formula is C22H21F4N3O. The number of carbonyl (C=O) groups is 1. The topological polar surface area (TPSA) is 49.0 Å². The largest absolute Gasteiger partial charge is 0.393 e. The van der Waals surface area contributed by atoms with Crippen LogP contribution >= 0.6 is 0 Å². The molecule has 30 heavy (non-hydrogen) atoms. The number of Topliss-reactive ketones (excluding diaryl/α,β-unsaturated/α-hetero) is 1. The Morgan fingerprint density at radius 2 is 1.83 bits per heavy atom. The summed E-state index contributed by atoms with van der Waals surface area (Å²) in [6, 6.07) is 7.57. The van der Waals surface area contributed by atoms with Crippen LogP contribution in [-0.2, 0) is 0 Å². The molecule has 158 valence electrons. The van der Waals surface area contributed by atoms with Gasteiger partial charge >= 0.3 is 6.18 Å². The molecule has 0 spiro atoms. The highest BCUT2D eigenvalue weighted by Crippen LogP contribution is 2.48. The molecule has 3 atom stereocenters. The molecular weight excluding hydrogens is 398 g/mol. The maximum atomic E-state index is 15.0. The first-order valence-corrected chi connectivity index (χ1v) is 9.87. The lowest BCUT2D eigenvalue weighted by Crippen LogP contribution is -2.39. The number of halogens is 4. The molecule has 4 nitrogen and oxygen atoms in total. The molecule has 2 fully saturated rings. The third-order valence-corrected chi connectivity index (χ3v) is 6.53. The molecule has 2 aromatic rings. The fourth-order valence-corrected chi connectivity index (χ4v) is 5.14. The molecule has 2 aliphatic heterocycles. The number of hydrogen-bond donors (Lipinski definition) is 0. The van der Waals surface area contributed by atoms with Crippen LogP contribution in [-0.4, -0.2) is 40.1 Å². The van der Waals surface area contributed by atoms with E-state index in [1.54, 1.807) is 47.6 Å². The first-order chi connectivity index (χ1) is 14.1. The van der Waals surface area contributed by atoms with Crippen LogP contribution < -0.4 is 0 Å². The van der Waals surface area contributed by atoms with Crippen LogP contribution in [0.1, 0.15) is 46.6 Å². The second-order valence-corrected chi connectivity index (χ2v) is 8.13. The molecule has 2 saturated heterocycles. The van der Waals surface area contributed by atoms with Gasteiger partial charge in [0, 0.05) is 23.5 Å². The number of rotatable bonds is 4. The van der Waals surface area contributed by atoms with Crippen molar-refractivity contribution < 1.29 is 22.4 Å². The first-order valence-electron chi connectivity index (χ1n) is 9.87. The highest BCUT2D eigenvalue weighted by Gasteiger charge is 2.57. The lowest BCUT2D eigenvalue weighted by molar-refractivity contribution is -0.181. The van der Waals surface area contributed by atoms with Gasteiger partial charge < -0.3 is 4.57 Å². The van der Waals surface area contributed by atoms with Crippen molar-refractivity contribution in [3.63, 3.8) is 0 Å². The second kappa shape index (κ2) is 7.24. The van der Waals surface area contributed by atoms with Gasteiger partial charge in [0.15, 0.2) is 11.6 Å². The zero-order valence-corrected chi connectivity index (χ0v) is 16.6. The molecule has 0 N–H and O–H groups in total. The lowest BCUT2D eigenvalue weighted by atomic mass is 9.89. The van der Waals surface area contributed by atoms with Crippen LogP contribution in [0.15, 0.2) is 24.3 Å². The molecule has 3 heterocycles. The summed E-state index contributed by atoms with van der Waals surface area (Å²) >= 11 is 0. The van der Waals surface area contributed by atoms with Crippen LogP contribution in [0.3, 0.4) is 0 Å². The van der Waals surface area contributed by atoms with E-state index >= 15 is 4.39 Å². The monoisotopic (exact) mass is 419 g/mol. The summed E-state index contributed by atoms with van der Waals surface area (Å²) in [6.45, 7) is 2.96. The number of benzene rings is 1. The summed E-state index contributed by atoms with van der Waals surface area (Å²) in [6.07, 6.45) is -3.22. The Labute approximate surface area is 171 Å². The van der Waals surface area contributed by atoms with Crippen LogP contribution in [0, 0.1) is 36.9 Å². The van der Waals surface area contributed by atoms with Crippen molar-refractivity contribution >= 4 is 5.78 Å². The van der Waals surface area contributed by atoms with Crippen LogP contribution in [0.4, 0.5) is 17.6 Å². The Morgan fingerprint density at radius 1 is 1.17 bits per heavy atom. The number of carbonyl (C=O) groups excluding carboxylic acids is 1. The maximum absolute atomic E-state index is 15.0. The van der Waals surface area contributed by atoms with E-state index in [1.807, 2.05) is 6.07 Å². The lowest BCUT2D eigenvalue weighted by Gasteiger charge is -2.25. The minimum absolute atomic E-state index is 0.00813. The van der Waals surface area contributed by atoms with E-state index in [1.165, 1.54) is 0 Å². The van der Waals surface area contributed by atoms with Gasteiger partial charge in [0.25, 0.3) is 0 Å². The number of hydrogen-bond acceptors (Lipinski definition) is 3. The van der Waals surface area contributed by atoms with Crippen LogP contribution in [0.2, 0.25) is 0 Å². The molecule has 1 aromatic carbocycles. The van der Waals surface area contributed by atoms with E-state index in [2.05, 4.69) is 0 Å². The van der Waals surface area contributed by atoms with E-state index in [4.69, 9.17) is 5.26 Å². The normalized spacial score (nSPS) is 23.7. The predicted molar refractivity (Wildman–Crippen MR) is 102 cm³/mol. The van der Waals surface area contributed by atoms with Gasteiger partial charge in [-0.15, -0.1) is 0 Å². The molecule has 0 radical (unpaired) electrons. The van der Waals surface area contributed by atoms with Gasteiger partial charge in [-0.05, 0) is 57.4 Å². The molecule has 4 rings (SSSR count). The molecule has 8 heteroatoms. The zero-order valence-electron chi connectivity index (χ0n) is 16.6. The van der Waals surface area contributed by atoms with Crippen molar-refractivity contribution in [1.82, 2.24) is 9.47 Å². The van der Waals surface area contributed by atoms with Gasteiger partial charge in [-0.1, -0.05) is 0 Å². The average Bonchev–Trinajstić information content (AvgIpc) is 3.31. The standard InChI is InChI=1S/C22H21F4N3O/c1-12-20(21(23)13(2)29(12)15-5-3-14(10-27)4-6-15)19(30)11-28-16-7-8-18(28)17(9-16)22(24,25)26/h3-6,16-18H,7-9,11H2,1-2H3/t16?,17-,18?/m0/s1. The highest BCUT2D eigenvalue weighted by molar-refractivity contribution is 5.99. The second-order valence-electron chi connectivity index (χ2n) is 8.13. The van der Waals surface area contributed by atoms with E-state index < -0.39 is 29.7 Å². The van der Waals surface area contributed by atoms with Gasteiger partial charge in [-0.25, -0.2) is 4.39 Å². The summed E-state index contributed by atoms with van der Waals surface area (Å²) in [5.41, 5.74) is 1.64. The highest BCUT2D eigenvalue weighted by atomic mass is 19.4. The summed E-state index contributed by atoms with van der Waals surface area (Å²) < 4.78 is 56.5. The van der Waals surface area contributed by atoms with Crippen molar-refractivity contribution in [3.05, 3.63) is 52.6 Å². The quantitative estimate of drug-likeness (QED) is 0.533. The van der Waals surface area contributed by atoms with E-state index in [0.717, 1.165) is 0 Å². The van der Waals surface area contributed by atoms with Crippen LogP contribution in [0.5, 0.6) is 0 Å². The Balaban J connectivity index is 1.62. The number of aromatic nitrogens is 1.